The number of nitrogens with one attached hydrogen (secondary N) is 1. The first-order valence-corrected chi connectivity index (χ1v) is 11.3. The first kappa shape index (κ1) is 24.3. The van der Waals surface area contributed by atoms with Crippen molar-refractivity contribution in [1.82, 2.24) is 4.31 Å². The van der Waals surface area contributed by atoms with Crippen LogP contribution in [0.4, 0.5) is 23.2 Å². The van der Waals surface area contributed by atoms with E-state index in [1.54, 1.807) is 0 Å². The molecule has 2 aromatic carbocycles. The Hall–Kier alpha value is -2.37. The number of sulfonamides is 1. The third kappa shape index (κ3) is 5.16. The number of hydrogen-bond acceptors (Lipinski definition) is 4. The predicted molar refractivity (Wildman–Crippen MR) is 110 cm³/mol. The van der Waals surface area contributed by atoms with Crippen molar-refractivity contribution in [2.24, 2.45) is 5.92 Å². The molecule has 2 aromatic rings. The highest BCUT2D eigenvalue weighted by Gasteiger charge is 2.37. The number of methoxy groups -OCH3 is 1. The minimum absolute atomic E-state index is 0.0611. The molecule has 0 bridgehead atoms. The van der Waals surface area contributed by atoms with Gasteiger partial charge < -0.3 is 10.1 Å². The lowest BCUT2D eigenvalue weighted by molar-refractivity contribution is -0.137. The smallest absolute Gasteiger partial charge is 0.418 e. The number of alkyl halides is 3. The standard InChI is InChI=1S/C20H19ClF4N2O4S/c1-31-17-7-5-14(22)10-18(17)32(29,30)27-8-2-3-12(11-27)19(28)26-16-6-4-13(21)9-15(16)20(23,24)25/h4-7,9-10,12H,2-3,8,11H2,1H3,(H,26,28)/t12-/m1/s1. The van der Waals surface area contributed by atoms with Crippen molar-refractivity contribution >= 4 is 33.2 Å². The molecule has 3 rings (SSSR count). The average Bonchev–Trinajstić information content (AvgIpc) is 2.74. The summed E-state index contributed by atoms with van der Waals surface area (Å²) in [6.45, 7) is -0.205. The predicted octanol–water partition coefficient (Wildman–Crippen LogP) is 4.55. The molecule has 1 aliphatic rings. The SMILES string of the molecule is COc1ccc(F)cc1S(=O)(=O)N1CCC[C@@H](C(=O)Nc2ccc(Cl)cc2C(F)(F)F)C1. The van der Waals surface area contributed by atoms with E-state index in [0.717, 1.165) is 22.5 Å². The third-order valence-corrected chi connectivity index (χ3v) is 7.16. The van der Waals surface area contributed by atoms with Crippen LogP contribution >= 0.6 is 11.6 Å². The summed E-state index contributed by atoms with van der Waals surface area (Å²) < 4.78 is 85.7. The molecule has 32 heavy (non-hydrogen) atoms. The number of anilines is 1. The van der Waals surface area contributed by atoms with Crippen LogP contribution in [0.15, 0.2) is 41.3 Å². The Morgan fingerprint density at radius 2 is 1.94 bits per heavy atom. The van der Waals surface area contributed by atoms with Crippen LogP contribution in [0.1, 0.15) is 18.4 Å². The molecule has 0 spiro atoms. The van der Waals surface area contributed by atoms with Crippen LogP contribution in [0.5, 0.6) is 5.75 Å². The third-order valence-electron chi connectivity index (χ3n) is 5.04. The highest BCUT2D eigenvalue weighted by molar-refractivity contribution is 7.89. The maximum Gasteiger partial charge on any atom is 0.418 e. The van der Waals surface area contributed by atoms with Gasteiger partial charge in [0.05, 0.1) is 24.3 Å². The number of hydrogen-bond donors (Lipinski definition) is 1. The van der Waals surface area contributed by atoms with Gasteiger partial charge in [-0.15, -0.1) is 0 Å². The van der Waals surface area contributed by atoms with Gasteiger partial charge in [-0.2, -0.15) is 17.5 Å². The summed E-state index contributed by atoms with van der Waals surface area (Å²) in [5.41, 5.74) is -1.58. The number of nitrogens with zero attached hydrogens (tertiary/aromatic N) is 1. The van der Waals surface area contributed by atoms with Crippen LogP contribution in [0, 0.1) is 11.7 Å². The number of carbonyl (C=O) groups excluding carboxylic acids is 1. The number of carbonyl (C=O) groups is 1. The summed E-state index contributed by atoms with van der Waals surface area (Å²) in [5, 5.41) is 2.09. The Bertz CT molecular complexity index is 1130. The first-order valence-electron chi connectivity index (χ1n) is 9.45. The largest absolute Gasteiger partial charge is 0.495 e. The number of piperidine rings is 1. The lowest BCUT2D eigenvalue weighted by Crippen LogP contribution is -2.43. The first-order chi connectivity index (χ1) is 14.9. The summed E-state index contributed by atoms with van der Waals surface area (Å²) in [7, 11) is -2.97. The fourth-order valence-electron chi connectivity index (χ4n) is 3.46. The second-order valence-electron chi connectivity index (χ2n) is 7.17. The van der Waals surface area contributed by atoms with E-state index in [4.69, 9.17) is 16.3 Å². The van der Waals surface area contributed by atoms with E-state index in [2.05, 4.69) is 5.32 Å². The molecule has 0 radical (unpaired) electrons. The molecule has 0 aliphatic carbocycles. The fourth-order valence-corrected chi connectivity index (χ4v) is 5.32. The molecule has 1 heterocycles. The van der Waals surface area contributed by atoms with Crippen molar-refractivity contribution in [2.75, 3.05) is 25.5 Å². The normalized spacial score (nSPS) is 17.8. The van der Waals surface area contributed by atoms with Crippen LogP contribution in [0.3, 0.4) is 0 Å². The van der Waals surface area contributed by atoms with Crippen LogP contribution in [-0.4, -0.2) is 38.8 Å². The topological polar surface area (TPSA) is 75.7 Å². The minimum atomic E-state index is -4.75. The van der Waals surface area contributed by atoms with Gasteiger partial charge in [0.2, 0.25) is 15.9 Å². The Balaban J connectivity index is 1.83. The molecule has 1 fully saturated rings. The van der Waals surface area contributed by atoms with Gasteiger partial charge >= 0.3 is 6.18 Å². The lowest BCUT2D eigenvalue weighted by atomic mass is 9.98. The quantitative estimate of drug-likeness (QED) is 0.619. The molecular weight excluding hydrogens is 476 g/mol. The van der Waals surface area contributed by atoms with Gasteiger partial charge in [0, 0.05) is 18.1 Å². The molecule has 0 saturated carbocycles. The number of benzene rings is 2. The average molecular weight is 495 g/mol. The zero-order valence-electron chi connectivity index (χ0n) is 16.7. The van der Waals surface area contributed by atoms with Crippen molar-refractivity contribution in [2.45, 2.75) is 23.9 Å². The molecule has 174 valence electrons. The highest BCUT2D eigenvalue weighted by Crippen LogP contribution is 2.37. The van der Waals surface area contributed by atoms with Crippen molar-refractivity contribution in [3.8, 4) is 5.75 Å². The van der Waals surface area contributed by atoms with E-state index in [-0.39, 0.29) is 30.3 Å². The van der Waals surface area contributed by atoms with Crippen molar-refractivity contribution in [3.05, 3.63) is 52.8 Å². The molecular formula is C20H19ClF4N2O4S. The molecule has 1 N–H and O–H groups in total. The molecule has 0 unspecified atom stereocenters. The van der Waals surface area contributed by atoms with Gasteiger partial charge in [-0.05, 0) is 49.2 Å². The maximum absolute atomic E-state index is 13.7. The van der Waals surface area contributed by atoms with E-state index < -0.39 is 50.0 Å². The van der Waals surface area contributed by atoms with E-state index in [1.807, 2.05) is 0 Å². The van der Waals surface area contributed by atoms with Crippen LogP contribution < -0.4 is 10.1 Å². The van der Waals surface area contributed by atoms with Crippen LogP contribution in [-0.2, 0) is 21.0 Å². The van der Waals surface area contributed by atoms with Gasteiger partial charge in [0.15, 0.2) is 0 Å². The summed E-state index contributed by atoms with van der Waals surface area (Å²) in [5.74, 6) is -2.51. The van der Waals surface area contributed by atoms with E-state index in [9.17, 15) is 30.8 Å². The monoisotopic (exact) mass is 494 g/mol. The Morgan fingerprint density at radius 1 is 1.22 bits per heavy atom. The van der Waals surface area contributed by atoms with Gasteiger partial charge in [0.1, 0.15) is 16.5 Å². The zero-order chi connectivity index (χ0) is 23.7. The van der Waals surface area contributed by atoms with E-state index in [1.165, 1.54) is 19.2 Å². The lowest BCUT2D eigenvalue weighted by Gasteiger charge is -2.31. The Morgan fingerprint density at radius 3 is 2.59 bits per heavy atom. The second-order valence-corrected chi connectivity index (χ2v) is 9.52. The summed E-state index contributed by atoms with van der Waals surface area (Å²) in [6, 6.07) is 5.99. The second kappa shape index (κ2) is 9.24. The van der Waals surface area contributed by atoms with Gasteiger partial charge in [-0.3, -0.25) is 4.79 Å². The zero-order valence-corrected chi connectivity index (χ0v) is 18.3. The van der Waals surface area contributed by atoms with Crippen LogP contribution in [0.2, 0.25) is 5.02 Å². The number of amides is 1. The van der Waals surface area contributed by atoms with Crippen molar-refractivity contribution in [1.29, 1.82) is 0 Å². The fraction of sp³-hybridized carbons (Fsp3) is 0.350. The molecule has 12 heteroatoms. The summed E-state index contributed by atoms with van der Waals surface area (Å²) in [6.07, 6.45) is -4.18. The maximum atomic E-state index is 13.7. The van der Waals surface area contributed by atoms with Gasteiger partial charge in [0.25, 0.3) is 0 Å². The Kier molecular flexibility index (Phi) is 7.01. The molecule has 1 aliphatic heterocycles. The summed E-state index contributed by atoms with van der Waals surface area (Å²) >= 11 is 5.65. The number of ether oxygens (including phenoxy) is 1. The van der Waals surface area contributed by atoms with Crippen LogP contribution in [0.25, 0.3) is 0 Å². The molecule has 0 aromatic heterocycles. The van der Waals surface area contributed by atoms with Crippen molar-refractivity contribution < 1.29 is 35.5 Å². The molecule has 1 saturated heterocycles. The van der Waals surface area contributed by atoms with E-state index >= 15 is 0 Å². The van der Waals surface area contributed by atoms with Crippen molar-refractivity contribution in [3.63, 3.8) is 0 Å². The number of halogens is 5. The van der Waals surface area contributed by atoms with E-state index in [0.29, 0.717) is 12.5 Å². The molecule has 1 atom stereocenters. The summed E-state index contributed by atoms with van der Waals surface area (Å²) in [4.78, 5) is 12.3. The highest BCUT2D eigenvalue weighted by atomic mass is 35.5. The molecule has 1 amide bonds. The molecule has 6 nitrogen and oxygen atoms in total. The number of rotatable bonds is 5. The van der Waals surface area contributed by atoms with Gasteiger partial charge in [-0.25, -0.2) is 12.8 Å². The minimum Gasteiger partial charge on any atom is -0.495 e. The Labute approximate surface area is 187 Å². The van der Waals surface area contributed by atoms with Gasteiger partial charge in [-0.1, -0.05) is 11.6 Å².